The van der Waals surface area contributed by atoms with Crippen molar-refractivity contribution in [1.29, 1.82) is 0 Å². The van der Waals surface area contributed by atoms with Crippen molar-refractivity contribution in [2.45, 2.75) is 45.2 Å². The molecule has 92 valence electrons. The highest BCUT2D eigenvalue weighted by atomic mass is 16.5. The number of amides is 1. The minimum absolute atomic E-state index is 0.0501. The van der Waals surface area contributed by atoms with Crippen molar-refractivity contribution in [2.75, 3.05) is 13.2 Å². The predicted octanol–water partition coefficient (Wildman–Crippen LogP) is 0.311. The fraction of sp³-hybridized carbons (Fsp3) is 0.818. The number of aliphatic hydroxyl groups excluding tert-OH is 1. The zero-order chi connectivity index (χ0) is 12.1. The van der Waals surface area contributed by atoms with E-state index in [0.717, 1.165) is 12.8 Å². The van der Waals surface area contributed by atoms with Gasteiger partial charge in [0.05, 0.1) is 6.61 Å². The smallest absolute Gasteiger partial charge is 0.328 e. The molecule has 1 N–H and O–H groups in total. The van der Waals surface area contributed by atoms with Crippen LogP contribution in [0.2, 0.25) is 0 Å². The second kappa shape index (κ2) is 5.84. The van der Waals surface area contributed by atoms with Crippen LogP contribution in [0.25, 0.3) is 0 Å². The number of esters is 1. The maximum atomic E-state index is 11.6. The molecule has 1 rings (SSSR count). The number of carbonyl (C=O) groups is 2. The molecule has 0 aromatic heterocycles. The Morgan fingerprint density at radius 1 is 1.38 bits per heavy atom. The van der Waals surface area contributed by atoms with E-state index < -0.39 is 12.6 Å². The molecule has 0 saturated carbocycles. The maximum absolute atomic E-state index is 11.6. The van der Waals surface area contributed by atoms with Crippen LogP contribution >= 0.6 is 0 Å². The van der Waals surface area contributed by atoms with E-state index in [-0.39, 0.29) is 17.9 Å². The number of nitrogens with zero attached hydrogens (tertiary/aromatic N) is 1. The van der Waals surface area contributed by atoms with Crippen LogP contribution in [-0.4, -0.2) is 47.2 Å². The molecular formula is C11H19NO4. The molecule has 1 amide bonds. The zero-order valence-corrected chi connectivity index (χ0v) is 9.81. The third kappa shape index (κ3) is 2.52. The molecule has 1 fully saturated rings. The molecular weight excluding hydrogens is 210 g/mol. The van der Waals surface area contributed by atoms with Crippen LogP contribution in [-0.2, 0) is 14.3 Å². The fourth-order valence-electron chi connectivity index (χ4n) is 2.21. The first kappa shape index (κ1) is 13.0. The van der Waals surface area contributed by atoms with Crippen molar-refractivity contribution >= 4 is 11.9 Å². The lowest BCUT2D eigenvalue weighted by Gasteiger charge is -2.27. The standard InChI is InChI=1S/C11H19NO4/c1-3-8-5-6-9(11(15)16-4-2)12(8)10(14)7-13/h8-9,13H,3-7H2,1-2H3. The quantitative estimate of drug-likeness (QED) is 0.705. The summed E-state index contributed by atoms with van der Waals surface area (Å²) in [5, 5.41) is 8.89. The Morgan fingerprint density at radius 2 is 2.06 bits per heavy atom. The van der Waals surface area contributed by atoms with E-state index in [1.807, 2.05) is 6.92 Å². The Hall–Kier alpha value is -1.10. The molecule has 1 saturated heterocycles. The number of aliphatic hydroxyl groups is 1. The number of rotatable bonds is 4. The summed E-state index contributed by atoms with van der Waals surface area (Å²) in [4.78, 5) is 24.7. The van der Waals surface area contributed by atoms with Crippen molar-refractivity contribution in [2.24, 2.45) is 0 Å². The normalized spacial score (nSPS) is 24.6. The summed E-state index contributed by atoms with van der Waals surface area (Å²) in [7, 11) is 0. The van der Waals surface area contributed by atoms with E-state index in [9.17, 15) is 9.59 Å². The van der Waals surface area contributed by atoms with Crippen molar-refractivity contribution in [3.8, 4) is 0 Å². The SMILES string of the molecule is CCOC(=O)C1CCC(CC)N1C(=O)CO. The Morgan fingerprint density at radius 3 is 2.56 bits per heavy atom. The topological polar surface area (TPSA) is 66.8 Å². The summed E-state index contributed by atoms with van der Waals surface area (Å²) in [6, 6.07) is -0.460. The Labute approximate surface area is 95.4 Å². The monoisotopic (exact) mass is 229 g/mol. The molecule has 1 aliphatic heterocycles. The Kier molecular flexibility index (Phi) is 4.73. The van der Waals surface area contributed by atoms with Gasteiger partial charge in [-0.25, -0.2) is 4.79 Å². The minimum Gasteiger partial charge on any atom is -0.464 e. The summed E-state index contributed by atoms with van der Waals surface area (Å²) in [6.45, 7) is 3.47. The summed E-state index contributed by atoms with van der Waals surface area (Å²) >= 11 is 0. The summed E-state index contributed by atoms with van der Waals surface area (Å²) in [6.07, 6.45) is 2.22. The molecule has 0 spiro atoms. The van der Waals surface area contributed by atoms with E-state index in [4.69, 9.17) is 9.84 Å². The molecule has 1 aliphatic rings. The van der Waals surface area contributed by atoms with Gasteiger partial charge in [0.2, 0.25) is 5.91 Å². The highest BCUT2D eigenvalue weighted by molar-refractivity contribution is 5.86. The molecule has 16 heavy (non-hydrogen) atoms. The van der Waals surface area contributed by atoms with Gasteiger partial charge >= 0.3 is 5.97 Å². The summed E-state index contributed by atoms with van der Waals surface area (Å²) < 4.78 is 4.93. The lowest BCUT2D eigenvalue weighted by Crippen LogP contribution is -2.46. The second-order valence-electron chi connectivity index (χ2n) is 3.87. The van der Waals surface area contributed by atoms with Gasteiger partial charge in [0.25, 0.3) is 0 Å². The number of ether oxygens (including phenoxy) is 1. The summed E-state index contributed by atoms with van der Waals surface area (Å²) in [5.74, 6) is -0.748. The molecule has 0 aromatic rings. The largest absolute Gasteiger partial charge is 0.464 e. The molecule has 0 radical (unpaired) electrons. The van der Waals surface area contributed by atoms with Crippen molar-refractivity contribution in [3.05, 3.63) is 0 Å². The number of carbonyl (C=O) groups excluding carboxylic acids is 2. The predicted molar refractivity (Wildman–Crippen MR) is 57.7 cm³/mol. The van der Waals surface area contributed by atoms with E-state index in [2.05, 4.69) is 0 Å². The van der Waals surface area contributed by atoms with Crippen molar-refractivity contribution < 1.29 is 19.4 Å². The van der Waals surface area contributed by atoms with Gasteiger partial charge in [-0.05, 0) is 26.2 Å². The number of likely N-dealkylation sites (tertiary alicyclic amines) is 1. The van der Waals surface area contributed by atoms with Crippen molar-refractivity contribution in [3.63, 3.8) is 0 Å². The fourth-order valence-corrected chi connectivity index (χ4v) is 2.21. The number of hydrogen-bond donors (Lipinski definition) is 1. The van der Waals surface area contributed by atoms with Crippen LogP contribution < -0.4 is 0 Å². The Bertz CT molecular complexity index is 267. The second-order valence-corrected chi connectivity index (χ2v) is 3.87. The third-order valence-corrected chi connectivity index (χ3v) is 2.96. The molecule has 2 atom stereocenters. The Balaban J connectivity index is 2.76. The van der Waals surface area contributed by atoms with Gasteiger partial charge in [-0.3, -0.25) is 4.79 Å². The highest BCUT2D eigenvalue weighted by Crippen LogP contribution is 2.27. The van der Waals surface area contributed by atoms with E-state index in [1.165, 1.54) is 4.90 Å². The molecule has 5 nitrogen and oxygen atoms in total. The first-order chi connectivity index (χ1) is 7.65. The average molecular weight is 229 g/mol. The average Bonchev–Trinajstić information content (AvgIpc) is 2.71. The van der Waals surface area contributed by atoms with Gasteiger partial charge < -0.3 is 14.7 Å². The van der Waals surface area contributed by atoms with Crippen LogP contribution in [0.3, 0.4) is 0 Å². The van der Waals surface area contributed by atoms with Crippen molar-refractivity contribution in [1.82, 2.24) is 4.90 Å². The first-order valence-corrected chi connectivity index (χ1v) is 5.74. The van der Waals surface area contributed by atoms with Crippen LogP contribution in [0.5, 0.6) is 0 Å². The lowest BCUT2D eigenvalue weighted by atomic mass is 10.1. The third-order valence-electron chi connectivity index (χ3n) is 2.96. The minimum atomic E-state index is -0.549. The summed E-state index contributed by atoms with van der Waals surface area (Å²) in [5.41, 5.74) is 0. The van der Waals surface area contributed by atoms with E-state index >= 15 is 0 Å². The van der Waals surface area contributed by atoms with Crippen LogP contribution in [0.4, 0.5) is 0 Å². The molecule has 1 heterocycles. The van der Waals surface area contributed by atoms with Crippen LogP contribution in [0.15, 0.2) is 0 Å². The van der Waals surface area contributed by atoms with Gasteiger partial charge in [-0.2, -0.15) is 0 Å². The first-order valence-electron chi connectivity index (χ1n) is 5.74. The van der Waals surface area contributed by atoms with E-state index in [1.54, 1.807) is 6.92 Å². The van der Waals surface area contributed by atoms with Gasteiger partial charge in [-0.15, -0.1) is 0 Å². The number of hydrogen-bond acceptors (Lipinski definition) is 4. The van der Waals surface area contributed by atoms with Gasteiger partial charge in [0, 0.05) is 6.04 Å². The maximum Gasteiger partial charge on any atom is 0.328 e. The van der Waals surface area contributed by atoms with Crippen LogP contribution in [0.1, 0.15) is 33.1 Å². The van der Waals surface area contributed by atoms with E-state index in [0.29, 0.717) is 13.0 Å². The van der Waals surface area contributed by atoms with Gasteiger partial charge in [-0.1, -0.05) is 6.92 Å². The molecule has 2 unspecified atom stereocenters. The zero-order valence-electron chi connectivity index (χ0n) is 9.81. The molecule has 0 aromatic carbocycles. The molecule has 0 aliphatic carbocycles. The highest BCUT2D eigenvalue weighted by Gasteiger charge is 2.40. The van der Waals surface area contributed by atoms with Gasteiger partial charge in [0.1, 0.15) is 12.6 Å². The van der Waals surface area contributed by atoms with Gasteiger partial charge in [0.15, 0.2) is 0 Å². The lowest BCUT2D eigenvalue weighted by molar-refractivity contribution is -0.155. The molecule has 5 heteroatoms. The van der Waals surface area contributed by atoms with Crippen LogP contribution in [0, 0.1) is 0 Å². The molecule has 0 bridgehead atoms.